The van der Waals surface area contributed by atoms with Crippen LogP contribution in [-0.4, -0.2) is 36.8 Å². The maximum atomic E-state index is 13.0. The summed E-state index contributed by atoms with van der Waals surface area (Å²) in [5.74, 6) is 1.95. The maximum Gasteiger partial charge on any atom is 0.291 e. The Kier molecular flexibility index (Phi) is 5.64. The number of nitrogens with one attached hydrogen (secondary N) is 2. The fourth-order valence-electron chi connectivity index (χ4n) is 3.46. The molecule has 2 aromatic rings. The first-order chi connectivity index (χ1) is 13.6. The summed E-state index contributed by atoms with van der Waals surface area (Å²) < 4.78 is 11.2. The van der Waals surface area contributed by atoms with E-state index in [1.165, 1.54) is 18.2 Å². The van der Waals surface area contributed by atoms with Gasteiger partial charge in [0.2, 0.25) is 5.76 Å². The second-order valence-electron chi connectivity index (χ2n) is 7.92. The highest BCUT2D eigenvalue weighted by atomic mass is 32.2. The Labute approximate surface area is 169 Å². The topological polar surface area (TPSA) is 76.4 Å². The van der Waals surface area contributed by atoms with Gasteiger partial charge in [-0.3, -0.25) is 4.79 Å². The van der Waals surface area contributed by atoms with E-state index in [-0.39, 0.29) is 17.2 Å². The van der Waals surface area contributed by atoms with Gasteiger partial charge in [0, 0.05) is 17.0 Å². The van der Waals surface area contributed by atoms with Crippen molar-refractivity contribution in [2.75, 3.05) is 20.2 Å². The molecule has 1 unspecified atom stereocenters. The minimum Gasteiger partial charge on any atom is -0.473 e. The van der Waals surface area contributed by atoms with Crippen molar-refractivity contribution in [3.05, 3.63) is 36.1 Å². The van der Waals surface area contributed by atoms with Crippen LogP contribution >= 0.6 is 11.8 Å². The van der Waals surface area contributed by atoms with E-state index >= 15 is 0 Å². The molecule has 0 saturated heterocycles. The number of ether oxygens (including phenoxy) is 1. The van der Waals surface area contributed by atoms with Crippen molar-refractivity contribution >= 4 is 17.7 Å². The van der Waals surface area contributed by atoms with E-state index in [4.69, 9.17) is 9.26 Å². The van der Waals surface area contributed by atoms with Crippen molar-refractivity contribution in [2.45, 2.75) is 47.9 Å². The summed E-state index contributed by atoms with van der Waals surface area (Å²) >= 11 is 1.44. The van der Waals surface area contributed by atoms with Gasteiger partial charge in [-0.2, -0.15) is 0 Å². The van der Waals surface area contributed by atoms with Gasteiger partial charge < -0.3 is 19.9 Å². The molecule has 2 fully saturated rings. The zero-order valence-corrected chi connectivity index (χ0v) is 17.2. The standard InChI is InChI=1S/C21H27N3O3S/c1-14-12-15(14)13-21(8-9-21)23-19(25)17-18(28-16-6-4-3-5-7-16)20(24-27-17)26-11-10-22-2/h3-7,14-15,22H,8-13H2,1-2H3,(H,23,25)/t14-,15?/m0/s1. The van der Waals surface area contributed by atoms with Crippen LogP contribution in [0.15, 0.2) is 44.6 Å². The number of carbonyl (C=O) groups excluding carboxylic acids is 1. The minimum absolute atomic E-state index is 0.0544. The van der Waals surface area contributed by atoms with E-state index in [1.54, 1.807) is 0 Å². The van der Waals surface area contributed by atoms with Crippen LogP contribution in [0.25, 0.3) is 0 Å². The fraction of sp³-hybridized carbons (Fsp3) is 0.524. The molecule has 1 aromatic carbocycles. The fourth-order valence-corrected chi connectivity index (χ4v) is 4.40. The third-order valence-electron chi connectivity index (χ3n) is 5.54. The summed E-state index contributed by atoms with van der Waals surface area (Å²) in [5.41, 5.74) is -0.0544. The number of benzene rings is 1. The molecule has 2 N–H and O–H groups in total. The lowest BCUT2D eigenvalue weighted by Crippen LogP contribution is -2.37. The Balaban J connectivity index is 1.50. The van der Waals surface area contributed by atoms with Crippen LogP contribution in [0.3, 0.4) is 0 Å². The van der Waals surface area contributed by atoms with Gasteiger partial charge in [-0.1, -0.05) is 36.9 Å². The lowest BCUT2D eigenvalue weighted by molar-refractivity contribution is 0.0885. The molecule has 1 amide bonds. The number of likely N-dealkylation sites (N-methyl/N-ethyl adjacent to an activating group) is 1. The highest BCUT2D eigenvalue weighted by molar-refractivity contribution is 7.99. The first-order valence-corrected chi connectivity index (χ1v) is 10.7. The van der Waals surface area contributed by atoms with Gasteiger partial charge in [0.15, 0.2) is 0 Å². The summed E-state index contributed by atoms with van der Waals surface area (Å²) in [4.78, 5) is 14.7. The molecule has 1 heterocycles. The lowest BCUT2D eigenvalue weighted by atomic mass is 10.1. The maximum absolute atomic E-state index is 13.0. The Morgan fingerprint density at radius 2 is 2.11 bits per heavy atom. The summed E-state index contributed by atoms with van der Waals surface area (Å²) in [6.07, 6.45) is 4.44. The van der Waals surface area contributed by atoms with E-state index < -0.39 is 0 Å². The van der Waals surface area contributed by atoms with E-state index in [2.05, 4.69) is 22.7 Å². The average Bonchev–Trinajstić information content (AvgIpc) is 3.56. The van der Waals surface area contributed by atoms with Gasteiger partial charge in [0.1, 0.15) is 11.5 Å². The molecule has 2 saturated carbocycles. The van der Waals surface area contributed by atoms with Crippen LogP contribution in [0.1, 0.15) is 43.2 Å². The Hall–Kier alpha value is -1.99. The van der Waals surface area contributed by atoms with E-state index in [0.29, 0.717) is 23.9 Å². The van der Waals surface area contributed by atoms with Gasteiger partial charge in [-0.05, 0) is 61.9 Å². The van der Waals surface area contributed by atoms with Crippen molar-refractivity contribution in [1.29, 1.82) is 0 Å². The van der Waals surface area contributed by atoms with Crippen LogP contribution in [0, 0.1) is 11.8 Å². The molecule has 2 atom stereocenters. The molecular weight excluding hydrogens is 374 g/mol. The first kappa shape index (κ1) is 19.3. The van der Waals surface area contributed by atoms with Gasteiger partial charge in [0.25, 0.3) is 11.8 Å². The zero-order valence-electron chi connectivity index (χ0n) is 16.4. The average molecular weight is 402 g/mol. The molecule has 0 spiro atoms. The van der Waals surface area contributed by atoms with E-state index in [1.807, 2.05) is 37.4 Å². The zero-order chi connectivity index (χ0) is 19.6. The molecular formula is C21H27N3O3S. The second-order valence-corrected chi connectivity index (χ2v) is 9.01. The number of aromatic nitrogens is 1. The van der Waals surface area contributed by atoms with Crippen LogP contribution in [0.4, 0.5) is 0 Å². The highest BCUT2D eigenvalue weighted by Crippen LogP contribution is 2.51. The molecule has 4 rings (SSSR count). The second kappa shape index (κ2) is 8.17. The van der Waals surface area contributed by atoms with Crippen molar-refractivity contribution in [1.82, 2.24) is 15.8 Å². The number of hydrogen-bond donors (Lipinski definition) is 2. The molecule has 0 radical (unpaired) electrons. The third-order valence-corrected chi connectivity index (χ3v) is 6.61. The largest absolute Gasteiger partial charge is 0.473 e. The Bertz CT molecular complexity index is 820. The van der Waals surface area contributed by atoms with Gasteiger partial charge in [0.05, 0.1) is 0 Å². The SMILES string of the molecule is CNCCOc1noc(C(=O)NC2(CC3C[C@@H]3C)CC2)c1Sc1ccccc1. The summed E-state index contributed by atoms with van der Waals surface area (Å²) in [7, 11) is 1.86. The Morgan fingerprint density at radius 1 is 1.36 bits per heavy atom. The minimum atomic E-state index is -0.194. The van der Waals surface area contributed by atoms with Crippen LogP contribution in [-0.2, 0) is 0 Å². The number of carbonyl (C=O) groups is 1. The summed E-state index contributed by atoms with van der Waals surface area (Å²) in [5, 5.41) is 10.3. The smallest absolute Gasteiger partial charge is 0.291 e. The molecule has 6 nitrogen and oxygen atoms in total. The van der Waals surface area contributed by atoms with E-state index in [9.17, 15) is 4.79 Å². The van der Waals surface area contributed by atoms with Gasteiger partial charge >= 0.3 is 0 Å². The molecule has 28 heavy (non-hydrogen) atoms. The molecule has 0 bridgehead atoms. The van der Waals surface area contributed by atoms with Crippen molar-refractivity contribution < 1.29 is 14.1 Å². The highest BCUT2D eigenvalue weighted by Gasteiger charge is 2.50. The van der Waals surface area contributed by atoms with Crippen LogP contribution < -0.4 is 15.4 Å². The number of amides is 1. The molecule has 2 aliphatic rings. The quantitative estimate of drug-likeness (QED) is 0.591. The van der Waals surface area contributed by atoms with Crippen molar-refractivity contribution in [3.8, 4) is 5.88 Å². The predicted molar refractivity (Wildman–Crippen MR) is 108 cm³/mol. The molecule has 1 aromatic heterocycles. The van der Waals surface area contributed by atoms with Crippen molar-refractivity contribution in [3.63, 3.8) is 0 Å². The molecule has 7 heteroatoms. The van der Waals surface area contributed by atoms with Gasteiger partial charge in [-0.15, -0.1) is 0 Å². The monoisotopic (exact) mass is 401 g/mol. The Morgan fingerprint density at radius 3 is 2.75 bits per heavy atom. The first-order valence-electron chi connectivity index (χ1n) is 9.93. The van der Waals surface area contributed by atoms with Crippen molar-refractivity contribution in [2.24, 2.45) is 11.8 Å². The molecule has 0 aliphatic heterocycles. The lowest BCUT2D eigenvalue weighted by Gasteiger charge is -2.16. The van der Waals surface area contributed by atoms with Gasteiger partial charge in [-0.25, -0.2) is 0 Å². The molecule has 2 aliphatic carbocycles. The van der Waals surface area contributed by atoms with Crippen LogP contribution in [0.2, 0.25) is 0 Å². The van der Waals surface area contributed by atoms with Crippen LogP contribution in [0.5, 0.6) is 5.88 Å². The normalized spacial score (nSPS) is 21.9. The number of nitrogens with zero attached hydrogens (tertiary/aromatic N) is 1. The molecule has 150 valence electrons. The van der Waals surface area contributed by atoms with E-state index in [0.717, 1.165) is 36.0 Å². The number of rotatable bonds is 10. The third kappa shape index (κ3) is 4.52. The summed E-state index contributed by atoms with van der Waals surface area (Å²) in [6, 6.07) is 9.88. The number of hydrogen-bond acceptors (Lipinski definition) is 6. The summed E-state index contributed by atoms with van der Waals surface area (Å²) in [6.45, 7) is 3.42. The predicted octanol–water partition coefficient (Wildman–Crippen LogP) is 3.73.